The van der Waals surface area contributed by atoms with Gasteiger partial charge in [-0.3, -0.25) is 0 Å². The zero-order valence-electron chi connectivity index (χ0n) is 11.5. The van der Waals surface area contributed by atoms with Crippen LogP contribution in [0, 0.1) is 12.7 Å². The van der Waals surface area contributed by atoms with E-state index in [2.05, 4.69) is 0 Å². The molecule has 0 bridgehead atoms. The molecule has 2 nitrogen and oxygen atoms in total. The smallest absolute Gasteiger partial charge is 0.134 e. The second-order valence-corrected chi connectivity index (χ2v) is 4.87. The molecule has 100 valence electrons. The average molecular weight is 259 g/mol. The Hall–Kier alpha value is -1.87. The molecular formula is C16H18FNO. The van der Waals surface area contributed by atoms with Crippen LogP contribution in [0.15, 0.2) is 42.5 Å². The van der Waals surface area contributed by atoms with Gasteiger partial charge in [-0.1, -0.05) is 23.8 Å². The Labute approximate surface area is 113 Å². The summed E-state index contributed by atoms with van der Waals surface area (Å²) in [5.41, 5.74) is 1.74. The molecule has 0 aliphatic heterocycles. The second kappa shape index (κ2) is 5.85. The molecule has 0 aliphatic carbocycles. The number of hydrogen-bond acceptors (Lipinski definition) is 2. The predicted molar refractivity (Wildman–Crippen MR) is 75.0 cm³/mol. The maximum absolute atomic E-state index is 13.9. The van der Waals surface area contributed by atoms with Gasteiger partial charge >= 0.3 is 0 Å². The average Bonchev–Trinajstić information content (AvgIpc) is 2.36. The van der Waals surface area contributed by atoms with Crippen molar-refractivity contribution in [3.05, 3.63) is 59.4 Å². The fourth-order valence-electron chi connectivity index (χ4n) is 1.84. The van der Waals surface area contributed by atoms with Crippen LogP contribution in [-0.4, -0.2) is 19.0 Å². The zero-order chi connectivity index (χ0) is 13.8. The first-order valence-electron chi connectivity index (χ1n) is 6.23. The molecule has 0 amide bonds. The van der Waals surface area contributed by atoms with Crippen molar-refractivity contribution in [2.24, 2.45) is 0 Å². The molecule has 0 radical (unpaired) electrons. The summed E-state index contributed by atoms with van der Waals surface area (Å²) in [6, 6.07) is 12.6. The molecule has 2 aromatic carbocycles. The molecule has 2 aromatic rings. The Morgan fingerprint density at radius 3 is 2.37 bits per heavy atom. The van der Waals surface area contributed by atoms with Crippen LogP contribution in [0.2, 0.25) is 0 Å². The third-order valence-electron chi connectivity index (χ3n) is 2.80. The minimum atomic E-state index is -0.238. The largest absolute Gasteiger partial charge is 0.457 e. The molecule has 3 heteroatoms. The number of ether oxygens (including phenoxy) is 1. The first kappa shape index (κ1) is 13.6. The monoisotopic (exact) mass is 259 g/mol. The van der Waals surface area contributed by atoms with E-state index in [-0.39, 0.29) is 5.82 Å². The van der Waals surface area contributed by atoms with E-state index in [0.717, 1.165) is 5.75 Å². The van der Waals surface area contributed by atoms with Crippen LogP contribution in [0.5, 0.6) is 11.5 Å². The molecule has 0 aliphatic rings. The molecule has 0 N–H and O–H groups in total. The SMILES string of the molecule is Cc1ccc(Oc2cccc(F)c2CN(C)C)cc1. The Morgan fingerprint density at radius 2 is 1.74 bits per heavy atom. The molecule has 19 heavy (non-hydrogen) atoms. The number of halogens is 1. The summed E-state index contributed by atoms with van der Waals surface area (Å²) >= 11 is 0. The Kier molecular flexibility index (Phi) is 4.17. The highest BCUT2D eigenvalue weighted by Crippen LogP contribution is 2.28. The Bertz CT molecular complexity index is 549. The van der Waals surface area contributed by atoms with Crippen LogP contribution in [-0.2, 0) is 6.54 Å². The fourth-order valence-corrected chi connectivity index (χ4v) is 1.84. The number of aryl methyl sites for hydroxylation is 1. The standard InChI is InChI=1S/C16H18FNO/c1-12-7-9-13(10-8-12)19-16-6-4-5-15(17)14(16)11-18(2)3/h4-10H,11H2,1-3H3. The van der Waals surface area contributed by atoms with Crippen molar-refractivity contribution < 1.29 is 9.13 Å². The number of benzene rings is 2. The summed E-state index contributed by atoms with van der Waals surface area (Å²) in [6.07, 6.45) is 0. The van der Waals surface area contributed by atoms with Crippen molar-refractivity contribution in [2.75, 3.05) is 14.1 Å². The topological polar surface area (TPSA) is 12.5 Å². The Balaban J connectivity index is 2.29. The quantitative estimate of drug-likeness (QED) is 0.823. The molecule has 0 saturated heterocycles. The minimum Gasteiger partial charge on any atom is -0.457 e. The van der Waals surface area contributed by atoms with Crippen molar-refractivity contribution in [3.63, 3.8) is 0 Å². The van der Waals surface area contributed by atoms with Crippen LogP contribution in [0.4, 0.5) is 4.39 Å². The summed E-state index contributed by atoms with van der Waals surface area (Å²) in [5, 5.41) is 0. The van der Waals surface area contributed by atoms with Crippen LogP contribution >= 0.6 is 0 Å². The van der Waals surface area contributed by atoms with Gasteiger partial charge in [0.25, 0.3) is 0 Å². The fraction of sp³-hybridized carbons (Fsp3) is 0.250. The lowest BCUT2D eigenvalue weighted by atomic mass is 10.1. The molecule has 0 spiro atoms. The predicted octanol–water partition coefficient (Wildman–Crippen LogP) is 3.99. The summed E-state index contributed by atoms with van der Waals surface area (Å²) in [4.78, 5) is 1.92. The third-order valence-corrected chi connectivity index (χ3v) is 2.80. The van der Waals surface area contributed by atoms with Crippen LogP contribution in [0.3, 0.4) is 0 Å². The summed E-state index contributed by atoms with van der Waals surface area (Å²) < 4.78 is 19.7. The van der Waals surface area contributed by atoms with E-state index in [0.29, 0.717) is 17.9 Å². The van der Waals surface area contributed by atoms with Crippen molar-refractivity contribution in [1.29, 1.82) is 0 Å². The van der Waals surface area contributed by atoms with Gasteiger partial charge in [0.2, 0.25) is 0 Å². The van der Waals surface area contributed by atoms with E-state index in [4.69, 9.17) is 4.74 Å². The van der Waals surface area contributed by atoms with Gasteiger partial charge in [0.15, 0.2) is 0 Å². The summed E-state index contributed by atoms with van der Waals surface area (Å²) in [5.74, 6) is 1.05. The van der Waals surface area contributed by atoms with E-state index in [1.54, 1.807) is 12.1 Å². The van der Waals surface area contributed by atoms with Gasteiger partial charge in [0.05, 0.1) is 0 Å². The van der Waals surface area contributed by atoms with Crippen molar-refractivity contribution in [2.45, 2.75) is 13.5 Å². The minimum absolute atomic E-state index is 0.238. The normalized spacial score (nSPS) is 10.8. The van der Waals surface area contributed by atoms with Gasteiger partial charge < -0.3 is 9.64 Å². The summed E-state index contributed by atoms with van der Waals surface area (Å²) in [6.45, 7) is 2.53. The highest BCUT2D eigenvalue weighted by atomic mass is 19.1. The van der Waals surface area contributed by atoms with E-state index < -0.39 is 0 Å². The lowest BCUT2D eigenvalue weighted by Gasteiger charge is -2.15. The lowest BCUT2D eigenvalue weighted by Crippen LogP contribution is -2.12. The van der Waals surface area contributed by atoms with E-state index >= 15 is 0 Å². The zero-order valence-corrected chi connectivity index (χ0v) is 11.5. The van der Waals surface area contributed by atoms with E-state index in [1.165, 1.54) is 11.6 Å². The third kappa shape index (κ3) is 3.55. The second-order valence-electron chi connectivity index (χ2n) is 4.87. The molecule has 0 saturated carbocycles. The molecule has 0 heterocycles. The molecular weight excluding hydrogens is 241 g/mol. The highest BCUT2D eigenvalue weighted by Gasteiger charge is 2.11. The summed E-state index contributed by atoms with van der Waals surface area (Å²) in [7, 11) is 3.81. The van der Waals surface area contributed by atoms with Gasteiger partial charge in [0, 0.05) is 12.1 Å². The molecule has 2 rings (SSSR count). The highest BCUT2D eigenvalue weighted by molar-refractivity contribution is 5.39. The maximum atomic E-state index is 13.9. The van der Waals surface area contributed by atoms with E-state index in [1.807, 2.05) is 50.2 Å². The molecule has 0 unspecified atom stereocenters. The first-order valence-corrected chi connectivity index (χ1v) is 6.23. The molecule has 0 aromatic heterocycles. The van der Waals surface area contributed by atoms with Crippen LogP contribution in [0.25, 0.3) is 0 Å². The van der Waals surface area contributed by atoms with Gasteiger partial charge in [-0.2, -0.15) is 0 Å². The number of rotatable bonds is 4. The van der Waals surface area contributed by atoms with Crippen molar-refractivity contribution >= 4 is 0 Å². The number of nitrogens with zero attached hydrogens (tertiary/aromatic N) is 1. The van der Waals surface area contributed by atoms with Crippen LogP contribution < -0.4 is 4.74 Å². The Morgan fingerprint density at radius 1 is 1.05 bits per heavy atom. The van der Waals surface area contributed by atoms with Gasteiger partial charge in [0.1, 0.15) is 17.3 Å². The molecule has 0 fully saturated rings. The van der Waals surface area contributed by atoms with E-state index in [9.17, 15) is 4.39 Å². The van der Waals surface area contributed by atoms with Crippen molar-refractivity contribution in [1.82, 2.24) is 4.90 Å². The molecule has 0 atom stereocenters. The van der Waals surface area contributed by atoms with Gasteiger partial charge in [-0.15, -0.1) is 0 Å². The van der Waals surface area contributed by atoms with Crippen LogP contribution in [0.1, 0.15) is 11.1 Å². The lowest BCUT2D eigenvalue weighted by molar-refractivity contribution is 0.377. The van der Waals surface area contributed by atoms with Gasteiger partial charge in [-0.05, 0) is 45.3 Å². The maximum Gasteiger partial charge on any atom is 0.134 e. The van der Waals surface area contributed by atoms with Gasteiger partial charge in [-0.25, -0.2) is 4.39 Å². The number of hydrogen-bond donors (Lipinski definition) is 0. The first-order chi connectivity index (χ1) is 9.06. The van der Waals surface area contributed by atoms with Crippen molar-refractivity contribution in [3.8, 4) is 11.5 Å².